The monoisotopic (exact) mass is 333 g/mol. The molecule has 2 aromatic rings. The van der Waals surface area contributed by atoms with Crippen molar-refractivity contribution in [3.05, 3.63) is 54.1 Å². The van der Waals surface area contributed by atoms with Crippen LogP contribution >= 0.6 is 0 Å². The average molecular weight is 333 g/mol. The van der Waals surface area contributed by atoms with Crippen molar-refractivity contribution in [2.45, 2.75) is 38.0 Å². The summed E-state index contributed by atoms with van der Waals surface area (Å²) in [4.78, 5) is 0.215. The molecule has 0 heterocycles. The number of anilines is 1. The number of sulfonamides is 1. The third-order valence-corrected chi connectivity index (χ3v) is 5.19. The molecule has 0 saturated carbocycles. The molecule has 0 saturated heterocycles. The molecule has 0 aliphatic carbocycles. The maximum absolute atomic E-state index is 12.4. The highest BCUT2D eigenvalue weighted by Crippen LogP contribution is 2.23. The lowest BCUT2D eigenvalue weighted by atomic mass is 9.99. The molecular weight excluding hydrogens is 310 g/mol. The Balaban J connectivity index is 2.14. The van der Waals surface area contributed by atoms with Crippen LogP contribution in [0, 0.1) is 0 Å². The first-order valence-electron chi connectivity index (χ1n) is 7.82. The van der Waals surface area contributed by atoms with E-state index < -0.39 is 10.0 Å². The quantitative estimate of drug-likeness (QED) is 0.817. The van der Waals surface area contributed by atoms with Gasteiger partial charge in [0, 0.05) is 5.69 Å². The largest absolute Gasteiger partial charge is 0.494 e. The number of hydrogen-bond acceptors (Lipinski definition) is 3. The Labute approximate surface area is 138 Å². The zero-order chi connectivity index (χ0) is 16.9. The van der Waals surface area contributed by atoms with Crippen molar-refractivity contribution in [1.82, 2.24) is 0 Å². The second kappa shape index (κ2) is 7.51. The zero-order valence-corrected chi connectivity index (χ0v) is 14.6. The van der Waals surface area contributed by atoms with Crippen LogP contribution in [-0.2, 0) is 10.0 Å². The SMILES string of the molecule is CCOc1ccc(S(=O)(=O)Nc2ccc([C@H](C)CC)cc2)cc1. The Morgan fingerprint density at radius 3 is 2.13 bits per heavy atom. The first-order chi connectivity index (χ1) is 11.0. The summed E-state index contributed by atoms with van der Waals surface area (Å²) in [6.07, 6.45) is 1.05. The van der Waals surface area contributed by atoms with Crippen LogP contribution in [0.4, 0.5) is 5.69 Å². The van der Waals surface area contributed by atoms with Gasteiger partial charge in [0.2, 0.25) is 0 Å². The summed E-state index contributed by atoms with van der Waals surface area (Å²) in [5.74, 6) is 1.12. The van der Waals surface area contributed by atoms with E-state index in [0.717, 1.165) is 6.42 Å². The fraction of sp³-hybridized carbons (Fsp3) is 0.333. The summed E-state index contributed by atoms with van der Waals surface area (Å²) in [5, 5.41) is 0. The van der Waals surface area contributed by atoms with Crippen molar-refractivity contribution in [3.8, 4) is 5.75 Å². The van der Waals surface area contributed by atoms with E-state index in [9.17, 15) is 8.42 Å². The van der Waals surface area contributed by atoms with E-state index in [-0.39, 0.29) is 4.90 Å². The molecule has 0 bridgehead atoms. The smallest absolute Gasteiger partial charge is 0.261 e. The van der Waals surface area contributed by atoms with Gasteiger partial charge in [-0.3, -0.25) is 4.72 Å². The number of benzene rings is 2. The summed E-state index contributed by atoms with van der Waals surface area (Å²) in [7, 11) is -3.59. The average Bonchev–Trinajstić information content (AvgIpc) is 2.55. The third-order valence-electron chi connectivity index (χ3n) is 3.79. The van der Waals surface area contributed by atoms with Crippen molar-refractivity contribution in [1.29, 1.82) is 0 Å². The molecule has 0 amide bonds. The lowest BCUT2D eigenvalue weighted by Gasteiger charge is -2.12. The van der Waals surface area contributed by atoms with Gasteiger partial charge in [-0.05, 0) is 61.2 Å². The van der Waals surface area contributed by atoms with E-state index in [1.165, 1.54) is 5.56 Å². The van der Waals surface area contributed by atoms with Crippen LogP contribution in [0.15, 0.2) is 53.4 Å². The molecule has 1 N–H and O–H groups in total. The first-order valence-corrected chi connectivity index (χ1v) is 9.30. The van der Waals surface area contributed by atoms with Gasteiger partial charge in [0.1, 0.15) is 5.75 Å². The van der Waals surface area contributed by atoms with Gasteiger partial charge in [0.05, 0.1) is 11.5 Å². The van der Waals surface area contributed by atoms with E-state index in [4.69, 9.17) is 4.74 Å². The third kappa shape index (κ3) is 4.48. The standard InChI is InChI=1S/C18H23NO3S/c1-4-14(3)15-6-8-16(9-7-15)19-23(20,21)18-12-10-17(11-13-18)22-5-2/h6-14,19H,4-5H2,1-3H3/t14-/m1/s1. The van der Waals surface area contributed by atoms with Crippen LogP contribution in [0.5, 0.6) is 5.75 Å². The molecule has 1 atom stereocenters. The zero-order valence-electron chi connectivity index (χ0n) is 13.7. The normalized spacial score (nSPS) is 12.7. The predicted molar refractivity (Wildman–Crippen MR) is 93.6 cm³/mol. The van der Waals surface area contributed by atoms with Crippen LogP contribution in [0.3, 0.4) is 0 Å². The topological polar surface area (TPSA) is 55.4 Å². The fourth-order valence-corrected chi connectivity index (χ4v) is 3.27. The highest BCUT2D eigenvalue weighted by atomic mass is 32.2. The molecular formula is C18H23NO3S. The van der Waals surface area contributed by atoms with Crippen molar-refractivity contribution in [3.63, 3.8) is 0 Å². The summed E-state index contributed by atoms with van der Waals surface area (Å²) < 4.78 is 32.7. The Morgan fingerprint density at radius 2 is 1.61 bits per heavy atom. The van der Waals surface area contributed by atoms with Crippen LogP contribution < -0.4 is 9.46 Å². The van der Waals surface area contributed by atoms with Crippen molar-refractivity contribution >= 4 is 15.7 Å². The fourth-order valence-electron chi connectivity index (χ4n) is 2.21. The van der Waals surface area contributed by atoms with E-state index in [1.54, 1.807) is 36.4 Å². The molecule has 5 heteroatoms. The van der Waals surface area contributed by atoms with Gasteiger partial charge < -0.3 is 4.74 Å². The van der Waals surface area contributed by atoms with E-state index in [2.05, 4.69) is 18.6 Å². The van der Waals surface area contributed by atoms with E-state index in [0.29, 0.717) is 24.0 Å². The maximum Gasteiger partial charge on any atom is 0.261 e. The Hall–Kier alpha value is -2.01. The van der Waals surface area contributed by atoms with E-state index >= 15 is 0 Å². The number of rotatable bonds is 7. The molecule has 124 valence electrons. The predicted octanol–water partition coefficient (Wildman–Crippen LogP) is 4.40. The molecule has 0 spiro atoms. The van der Waals surface area contributed by atoms with Gasteiger partial charge >= 0.3 is 0 Å². The summed E-state index contributed by atoms with van der Waals surface area (Å²) in [6.45, 7) is 6.72. The van der Waals surface area contributed by atoms with Gasteiger partial charge in [-0.2, -0.15) is 0 Å². The molecule has 23 heavy (non-hydrogen) atoms. The van der Waals surface area contributed by atoms with Crippen LogP contribution in [0.2, 0.25) is 0 Å². The lowest BCUT2D eigenvalue weighted by Crippen LogP contribution is -2.12. The molecule has 0 radical (unpaired) electrons. The van der Waals surface area contributed by atoms with Crippen LogP contribution in [0.25, 0.3) is 0 Å². The molecule has 2 rings (SSSR count). The van der Waals surface area contributed by atoms with Gasteiger partial charge in [-0.15, -0.1) is 0 Å². The molecule has 0 unspecified atom stereocenters. The van der Waals surface area contributed by atoms with Crippen molar-refractivity contribution in [2.24, 2.45) is 0 Å². The molecule has 0 fully saturated rings. The Kier molecular flexibility index (Phi) is 5.66. The second-order valence-electron chi connectivity index (χ2n) is 5.44. The summed E-state index contributed by atoms with van der Waals surface area (Å²) >= 11 is 0. The number of ether oxygens (including phenoxy) is 1. The highest BCUT2D eigenvalue weighted by Gasteiger charge is 2.14. The van der Waals surface area contributed by atoms with Crippen LogP contribution in [-0.4, -0.2) is 15.0 Å². The summed E-state index contributed by atoms with van der Waals surface area (Å²) in [5.41, 5.74) is 1.77. The van der Waals surface area contributed by atoms with Gasteiger partial charge in [-0.1, -0.05) is 26.0 Å². The Bertz CT molecular complexity index is 722. The molecule has 4 nitrogen and oxygen atoms in total. The maximum atomic E-state index is 12.4. The molecule has 0 aromatic heterocycles. The lowest BCUT2D eigenvalue weighted by molar-refractivity contribution is 0.340. The van der Waals surface area contributed by atoms with Gasteiger partial charge in [0.15, 0.2) is 0 Å². The second-order valence-corrected chi connectivity index (χ2v) is 7.12. The van der Waals surface area contributed by atoms with Crippen molar-refractivity contribution < 1.29 is 13.2 Å². The molecule has 2 aromatic carbocycles. The molecule has 0 aliphatic heterocycles. The minimum absolute atomic E-state index is 0.215. The van der Waals surface area contributed by atoms with Gasteiger partial charge in [0.25, 0.3) is 10.0 Å². The minimum Gasteiger partial charge on any atom is -0.494 e. The highest BCUT2D eigenvalue weighted by molar-refractivity contribution is 7.92. The van der Waals surface area contributed by atoms with Crippen LogP contribution in [0.1, 0.15) is 38.7 Å². The van der Waals surface area contributed by atoms with Crippen molar-refractivity contribution in [2.75, 3.05) is 11.3 Å². The number of hydrogen-bond donors (Lipinski definition) is 1. The summed E-state index contributed by atoms with van der Waals surface area (Å²) in [6, 6.07) is 13.9. The Morgan fingerprint density at radius 1 is 1.00 bits per heavy atom. The van der Waals surface area contributed by atoms with Gasteiger partial charge in [-0.25, -0.2) is 8.42 Å². The number of nitrogens with one attached hydrogen (secondary N) is 1. The first kappa shape index (κ1) is 17.3. The minimum atomic E-state index is -3.59. The molecule has 0 aliphatic rings. The van der Waals surface area contributed by atoms with E-state index in [1.807, 2.05) is 19.1 Å².